The molecule has 23 heavy (non-hydrogen) atoms. The van der Waals surface area contributed by atoms with Crippen molar-refractivity contribution in [1.82, 2.24) is 4.98 Å². The maximum atomic E-state index is 4.73. The molecule has 0 saturated carbocycles. The molecule has 2 heterocycles. The van der Waals surface area contributed by atoms with Gasteiger partial charge in [-0.2, -0.15) is 0 Å². The van der Waals surface area contributed by atoms with E-state index in [1.165, 1.54) is 39.1 Å². The van der Waals surface area contributed by atoms with Crippen molar-refractivity contribution >= 4 is 11.3 Å². The molecule has 0 atom stereocenters. The number of hydrogen-bond acceptors (Lipinski definition) is 2. The molecule has 0 spiro atoms. The molecule has 0 radical (unpaired) electrons. The zero-order valence-corrected chi connectivity index (χ0v) is 16.3. The van der Waals surface area contributed by atoms with Gasteiger partial charge in [0.25, 0.3) is 0 Å². The zero-order chi connectivity index (χ0) is 17.5. The van der Waals surface area contributed by atoms with Gasteiger partial charge in [-0.15, -0.1) is 0 Å². The second kappa shape index (κ2) is 6.51. The van der Waals surface area contributed by atoms with Crippen LogP contribution in [0.15, 0.2) is 22.9 Å². The minimum absolute atomic E-state index is 0.460. The van der Waals surface area contributed by atoms with E-state index in [9.17, 15) is 0 Å². The van der Waals surface area contributed by atoms with Gasteiger partial charge in [0.15, 0.2) is 0 Å². The summed E-state index contributed by atoms with van der Waals surface area (Å²) in [5, 5.41) is 0. The highest BCUT2D eigenvalue weighted by molar-refractivity contribution is 5.84. The first-order chi connectivity index (χ1) is 10.7. The summed E-state index contributed by atoms with van der Waals surface area (Å²) in [6.07, 6.45) is 2.09. The summed E-state index contributed by atoms with van der Waals surface area (Å²) >= 11 is 0. The van der Waals surface area contributed by atoms with Crippen molar-refractivity contribution < 1.29 is 0 Å². The van der Waals surface area contributed by atoms with Gasteiger partial charge in [0, 0.05) is 30.0 Å². The zero-order valence-electron chi connectivity index (χ0n) is 16.3. The van der Waals surface area contributed by atoms with E-state index in [1.54, 1.807) is 0 Å². The molecule has 0 aliphatic carbocycles. The number of aryl methyl sites for hydroxylation is 1. The molecule has 2 nitrogen and oxygen atoms in total. The van der Waals surface area contributed by atoms with E-state index in [0.29, 0.717) is 12.0 Å². The molecule has 1 aromatic rings. The van der Waals surface area contributed by atoms with Crippen LogP contribution in [0.3, 0.4) is 0 Å². The number of hydrogen-bond donors (Lipinski definition) is 0. The van der Waals surface area contributed by atoms with Crippen molar-refractivity contribution in [1.29, 1.82) is 0 Å². The van der Waals surface area contributed by atoms with Crippen LogP contribution in [-0.4, -0.2) is 17.6 Å². The summed E-state index contributed by atoms with van der Waals surface area (Å²) in [5.74, 6) is 0.469. The summed E-state index contributed by atoms with van der Waals surface area (Å²) < 4.78 is 0. The summed E-state index contributed by atoms with van der Waals surface area (Å²) in [6.45, 7) is 21.3. The first-order valence-electron chi connectivity index (χ1n) is 8.77. The quantitative estimate of drug-likeness (QED) is 0.678. The molecule has 1 aliphatic rings. The van der Waals surface area contributed by atoms with E-state index in [2.05, 4.69) is 73.4 Å². The predicted molar refractivity (Wildman–Crippen MR) is 102 cm³/mol. The van der Waals surface area contributed by atoms with Crippen LogP contribution < -0.4 is 4.90 Å². The van der Waals surface area contributed by atoms with E-state index >= 15 is 0 Å². The van der Waals surface area contributed by atoms with Gasteiger partial charge in [-0.3, -0.25) is 4.98 Å². The highest BCUT2D eigenvalue weighted by atomic mass is 15.2. The van der Waals surface area contributed by atoms with Gasteiger partial charge < -0.3 is 4.90 Å². The lowest BCUT2D eigenvalue weighted by molar-refractivity contribution is 0.695. The Labute approximate surface area is 142 Å². The number of rotatable bonds is 2. The largest absolute Gasteiger partial charge is 0.364 e. The Hall–Kier alpha value is -1.57. The third-order valence-corrected chi connectivity index (χ3v) is 5.35. The standard InChI is InChI=1S/C21H32N2/c1-12(2)19-10-22-18(9)20-17(8)16(7)15(6)14(5)11-23(13(3)4)21(19)20/h10,12-13H,11H2,1-9H3/b15-14-,17-16-. The third kappa shape index (κ3) is 3.08. The fourth-order valence-corrected chi connectivity index (χ4v) is 3.47. The maximum absolute atomic E-state index is 4.73. The molecule has 0 N–H and O–H groups in total. The van der Waals surface area contributed by atoms with Gasteiger partial charge in [-0.1, -0.05) is 19.4 Å². The topological polar surface area (TPSA) is 16.1 Å². The number of anilines is 1. The van der Waals surface area contributed by atoms with Crippen molar-refractivity contribution in [2.45, 2.75) is 74.3 Å². The lowest BCUT2D eigenvalue weighted by Crippen LogP contribution is -2.35. The molecular formula is C21H32N2. The molecule has 0 amide bonds. The summed E-state index contributed by atoms with van der Waals surface area (Å²) in [4.78, 5) is 7.30. The first-order valence-corrected chi connectivity index (χ1v) is 8.77. The van der Waals surface area contributed by atoms with Crippen LogP contribution in [0.1, 0.15) is 78.1 Å². The molecule has 126 valence electrons. The Morgan fingerprint density at radius 3 is 2.04 bits per heavy atom. The Kier molecular flexibility index (Phi) is 5.03. The third-order valence-electron chi connectivity index (χ3n) is 5.35. The average Bonchev–Trinajstić information content (AvgIpc) is 2.48. The molecule has 0 bridgehead atoms. The van der Waals surface area contributed by atoms with E-state index < -0.39 is 0 Å². The molecule has 0 saturated heterocycles. The summed E-state index contributed by atoms with van der Waals surface area (Å²) in [6, 6.07) is 0.460. The van der Waals surface area contributed by atoms with Crippen LogP contribution >= 0.6 is 0 Å². The molecule has 1 aromatic heterocycles. The van der Waals surface area contributed by atoms with Crippen molar-refractivity contribution in [3.63, 3.8) is 0 Å². The molecular weight excluding hydrogens is 280 g/mol. The van der Waals surface area contributed by atoms with E-state index in [1.807, 2.05) is 0 Å². The van der Waals surface area contributed by atoms with Crippen LogP contribution in [0.2, 0.25) is 0 Å². The van der Waals surface area contributed by atoms with Gasteiger partial charge >= 0.3 is 0 Å². The van der Waals surface area contributed by atoms with E-state index in [4.69, 9.17) is 4.98 Å². The second-order valence-corrected chi connectivity index (χ2v) is 7.55. The molecule has 0 fully saturated rings. The number of allylic oxidation sites excluding steroid dienone is 3. The Morgan fingerprint density at radius 2 is 1.52 bits per heavy atom. The predicted octanol–water partition coefficient (Wildman–Crippen LogP) is 5.87. The highest BCUT2D eigenvalue weighted by Gasteiger charge is 2.26. The number of fused-ring (bicyclic) bond motifs is 1. The normalized spacial score (nSPS) is 22.5. The molecule has 1 aliphatic heterocycles. The summed E-state index contributed by atoms with van der Waals surface area (Å²) in [5.41, 5.74) is 10.9. The van der Waals surface area contributed by atoms with Crippen molar-refractivity contribution in [2.24, 2.45) is 0 Å². The van der Waals surface area contributed by atoms with Gasteiger partial charge in [0.2, 0.25) is 0 Å². The minimum Gasteiger partial charge on any atom is -0.364 e. The Morgan fingerprint density at radius 1 is 0.913 bits per heavy atom. The van der Waals surface area contributed by atoms with Crippen molar-refractivity contribution in [2.75, 3.05) is 11.4 Å². The number of nitrogens with zero attached hydrogens (tertiary/aromatic N) is 2. The average molecular weight is 313 g/mol. The molecule has 2 heteroatoms. The van der Waals surface area contributed by atoms with Crippen LogP contribution in [-0.2, 0) is 0 Å². The van der Waals surface area contributed by atoms with Crippen LogP contribution in [0.25, 0.3) is 5.57 Å². The Balaban J connectivity index is 2.92. The highest BCUT2D eigenvalue weighted by Crippen LogP contribution is 2.41. The van der Waals surface area contributed by atoms with Crippen molar-refractivity contribution in [3.8, 4) is 0 Å². The maximum Gasteiger partial charge on any atom is 0.0516 e. The number of aromatic nitrogens is 1. The fraction of sp³-hybridized carbons (Fsp3) is 0.571. The van der Waals surface area contributed by atoms with Crippen LogP contribution in [0, 0.1) is 6.92 Å². The van der Waals surface area contributed by atoms with Gasteiger partial charge in [0.1, 0.15) is 0 Å². The fourth-order valence-electron chi connectivity index (χ4n) is 3.47. The molecule has 0 aromatic carbocycles. The smallest absolute Gasteiger partial charge is 0.0516 e. The lowest BCUT2D eigenvalue weighted by Gasteiger charge is -2.37. The van der Waals surface area contributed by atoms with E-state index in [0.717, 1.165) is 12.2 Å². The van der Waals surface area contributed by atoms with Gasteiger partial charge in [-0.25, -0.2) is 0 Å². The minimum atomic E-state index is 0.460. The van der Waals surface area contributed by atoms with Gasteiger partial charge in [0.05, 0.1) is 5.69 Å². The summed E-state index contributed by atoms with van der Waals surface area (Å²) in [7, 11) is 0. The molecule has 2 rings (SSSR count). The van der Waals surface area contributed by atoms with E-state index in [-0.39, 0.29) is 0 Å². The monoisotopic (exact) mass is 312 g/mol. The van der Waals surface area contributed by atoms with Crippen molar-refractivity contribution in [3.05, 3.63) is 39.7 Å². The Bertz CT molecular complexity index is 675. The van der Waals surface area contributed by atoms with Crippen LogP contribution in [0.4, 0.5) is 5.69 Å². The first kappa shape index (κ1) is 17.8. The lowest BCUT2D eigenvalue weighted by atomic mass is 9.87. The second-order valence-electron chi connectivity index (χ2n) is 7.55. The molecule has 0 unspecified atom stereocenters. The van der Waals surface area contributed by atoms with Crippen LogP contribution in [0.5, 0.6) is 0 Å². The van der Waals surface area contributed by atoms with Gasteiger partial charge in [-0.05, 0) is 76.7 Å². The SMILES string of the molecule is C/C1=C(C)/C(C)=C(/C)c2c(C)ncc(C(C)C)c2N(C(C)C)C1. The number of pyridine rings is 1.